The van der Waals surface area contributed by atoms with Gasteiger partial charge >= 0.3 is 0 Å². The van der Waals surface area contributed by atoms with E-state index in [1.54, 1.807) is 0 Å². The van der Waals surface area contributed by atoms with Crippen molar-refractivity contribution in [3.63, 3.8) is 0 Å². The smallest absolute Gasteiger partial charge is 0.118 e. The molecule has 1 fully saturated rings. The van der Waals surface area contributed by atoms with E-state index in [4.69, 9.17) is 4.42 Å². The van der Waals surface area contributed by atoms with Crippen molar-refractivity contribution in [3.05, 3.63) is 23.2 Å². The molecule has 0 aliphatic carbocycles. The summed E-state index contributed by atoms with van der Waals surface area (Å²) in [5, 5.41) is 3.18. The van der Waals surface area contributed by atoms with Gasteiger partial charge in [-0.3, -0.25) is 4.90 Å². The fourth-order valence-electron chi connectivity index (χ4n) is 2.80. The number of furan rings is 1. The van der Waals surface area contributed by atoms with Crippen LogP contribution in [-0.4, -0.2) is 25.0 Å². The monoisotopic (exact) mass is 250 g/mol. The summed E-state index contributed by atoms with van der Waals surface area (Å²) in [4.78, 5) is 2.52. The minimum Gasteiger partial charge on any atom is -0.465 e. The first-order valence-electron chi connectivity index (χ1n) is 7.05. The van der Waals surface area contributed by atoms with Crippen molar-refractivity contribution >= 4 is 0 Å². The molecule has 0 saturated carbocycles. The van der Waals surface area contributed by atoms with Crippen LogP contribution in [0.5, 0.6) is 0 Å². The molecule has 102 valence electrons. The van der Waals surface area contributed by atoms with Crippen molar-refractivity contribution in [1.29, 1.82) is 0 Å². The van der Waals surface area contributed by atoms with Crippen LogP contribution in [0.3, 0.4) is 0 Å². The third kappa shape index (κ3) is 3.15. The van der Waals surface area contributed by atoms with E-state index < -0.39 is 0 Å². The highest BCUT2D eigenvalue weighted by atomic mass is 16.3. The highest BCUT2D eigenvalue weighted by Gasteiger charge is 2.25. The summed E-state index contributed by atoms with van der Waals surface area (Å²) in [5.41, 5.74) is 1.28. The van der Waals surface area contributed by atoms with Crippen LogP contribution in [0.4, 0.5) is 0 Å². The van der Waals surface area contributed by atoms with Gasteiger partial charge in [0.1, 0.15) is 11.5 Å². The van der Waals surface area contributed by atoms with E-state index >= 15 is 0 Å². The molecule has 3 nitrogen and oxygen atoms in total. The lowest BCUT2D eigenvalue weighted by Gasteiger charge is -2.16. The van der Waals surface area contributed by atoms with Gasteiger partial charge in [-0.15, -0.1) is 0 Å². The average Bonchev–Trinajstić information content (AvgIpc) is 2.88. The topological polar surface area (TPSA) is 28.4 Å². The zero-order valence-electron chi connectivity index (χ0n) is 12.1. The highest BCUT2D eigenvalue weighted by Crippen LogP contribution is 2.25. The maximum Gasteiger partial charge on any atom is 0.118 e. The second-order valence-electron chi connectivity index (χ2n) is 5.85. The molecule has 1 atom stereocenters. The van der Waals surface area contributed by atoms with Crippen LogP contribution in [0.2, 0.25) is 0 Å². The van der Waals surface area contributed by atoms with E-state index in [9.17, 15) is 0 Å². The van der Waals surface area contributed by atoms with E-state index in [0.29, 0.717) is 0 Å². The molecule has 0 radical (unpaired) electrons. The first-order valence-corrected chi connectivity index (χ1v) is 7.05. The zero-order chi connectivity index (χ0) is 13.1. The molecule has 0 spiro atoms. The molecular weight excluding hydrogens is 224 g/mol. The van der Waals surface area contributed by atoms with E-state index in [1.165, 1.54) is 25.1 Å². The first kappa shape index (κ1) is 13.6. The molecule has 2 rings (SSSR count). The zero-order valence-corrected chi connectivity index (χ0v) is 12.1. The fraction of sp³-hybridized carbons (Fsp3) is 0.733. The Bertz CT molecular complexity index is 384. The van der Waals surface area contributed by atoms with Crippen LogP contribution in [0.25, 0.3) is 0 Å². The van der Waals surface area contributed by atoms with Crippen molar-refractivity contribution in [1.82, 2.24) is 10.2 Å². The van der Waals surface area contributed by atoms with Crippen LogP contribution in [-0.2, 0) is 13.1 Å². The summed E-state index contributed by atoms with van der Waals surface area (Å²) in [5.74, 6) is 3.83. The Hall–Kier alpha value is -0.800. The van der Waals surface area contributed by atoms with Crippen LogP contribution < -0.4 is 5.32 Å². The third-order valence-corrected chi connectivity index (χ3v) is 4.07. The van der Waals surface area contributed by atoms with E-state index in [2.05, 4.69) is 37.1 Å². The molecule has 18 heavy (non-hydrogen) atoms. The summed E-state index contributed by atoms with van der Waals surface area (Å²) >= 11 is 0. The number of nitrogens with zero attached hydrogens (tertiary/aromatic N) is 1. The van der Waals surface area contributed by atoms with Crippen molar-refractivity contribution in [2.75, 3.05) is 20.1 Å². The molecule has 1 saturated heterocycles. The van der Waals surface area contributed by atoms with Gasteiger partial charge in [0.15, 0.2) is 0 Å². The maximum atomic E-state index is 5.84. The lowest BCUT2D eigenvalue weighted by molar-refractivity contribution is 0.271. The molecule has 1 aromatic rings. The van der Waals surface area contributed by atoms with Gasteiger partial charge in [0.25, 0.3) is 0 Å². The predicted octanol–water partition coefficient (Wildman–Crippen LogP) is 2.79. The number of aryl methyl sites for hydroxylation is 1. The van der Waals surface area contributed by atoms with Gasteiger partial charge in [-0.1, -0.05) is 13.8 Å². The molecule has 1 N–H and O–H groups in total. The molecule has 2 heterocycles. The molecular formula is C15H26N2O. The summed E-state index contributed by atoms with van der Waals surface area (Å²) in [6.45, 7) is 11.0. The van der Waals surface area contributed by atoms with Gasteiger partial charge in [0, 0.05) is 18.7 Å². The highest BCUT2D eigenvalue weighted by molar-refractivity contribution is 5.20. The van der Waals surface area contributed by atoms with Crippen LogP contribution in [0.1, 0.15) is 37.4 Å². The SMILES string of the molecule is CNCc1cc(CN2CCC(C(C)C)C2)oc1C. The second-order valence-corrected chi connectivity index (χ2v) is 5.85. The Balaban J connectivity index is 1.92. The van der Waals surface area contributed by atoms with Crippen molar-refractivity contribution in [3.8, 4) is 0 Å². The van der Waals surface area contributed by atoms with Crippen molar-refractivity contribution in [2.24, 2.45) is 11.8 Å². The van der Waals surface area contributed by atoms with Crippen molar-refractivity contribution in [2.45, 2.75) is 40.3 Å². The molecule has 1 aliphatic rings. The van der Waals surface area contributed by atoms with Gasteiger partial charge in [-0.2, -0.15) is 0 Å². The minimum atomic E-state index is 0.799. The predicted molar refractivity (Wildman–Crippen MR) is 74.4 cm³/mol. The Labute approximate surface area is 111 Å². The molecule has 3 heteroatoms. The number of hydrogen-bond donors (Lipinski definition) is 1. The standard InChI is InChI=1S/C15H26N2O/c1-11(2)13-5-6-17(9-13)10-15-7-14(8-16-4)12(3)18-15/h7,11,13,16H,5-6,8-10H2,1-4H3. The summed E-state index contributed by atoms with van der Waals surface area (Å²) in [7, 11) is 1.97. The van der Waals surface area contributed by atoms with Gasteiger partial charge in [-0.25, -0.2) is 0 Å². The lowest BCUT2D eigenvalue weighted by atomic mass is 9.95. The number of rotatable bonds is 5. The Morgan fingerprint density at radius 3 is 2.89 bits per heavy atom. The average molecular weight is 250 g/mol. The third-order valence-electron chi connectivity index (χ3n) is 4.07. The molecule has 1 aliphatic heterocycles. The van der Waals surface area contributed by atoms with Crippen LogP contribution in [0, 0.1) is 18.8 Å². The molecule has 0 bridgehead atoms. The number of likely N-dealkylation sites (tertiary alicyclic amines) is 1. The molecule has 0 amide bonds. The van der Waals surface area contributed by atoms with Gasteiger partial charge in [0.2, 0.25) is 0 Å². The molecule has 1 unspecified atom stereocenters. The minimum absolute atomic E-state index is 0.799. The van der Waals surface area contributed by atoms with Gasteiger partial charge in [0.05, 0.1) is 6.54 Å². The van der Waals surface area contributed by atoms with Gasteiger partial charge in [-0.05, 0) is 44.8 Å². The lowest BCUT2D eigenvalue weighted by Crippen LogP contribution is -2.21. The normalized spacial score (nSPS) is 21.1. The molecule has 0 aromatic carbocycles. The molecule has 1 aromatic heterocycles. The summed E-state index contributed by atoms with van der Waals surface area (Å²) in [6, 6.07) is 2.20. The Kier molecular flexibility index (Phi) is 4.46. The first-order chi connectivity index (χ1) is 8.60. The largest absolute Gasteiger partial charge is 0.465 e. The Morgan fingerprint density at radius 2 is 2.28 bits per heavy atom. The van der Waals surface area contributed by atoms with E-state index in [-0.39, 0.29) is 0 Å². The summed E-state index contributed by atoms with van der Waals surface area (Å²) < 4.78 is 5.84. The Morgan fingerprint density at radius 1 is 1.50 bits per heavy atom. The number of hydrogen-bond acceptors (Lipinski definition) is 3. The van der Waals surface area contributed by atoms with Gasteiger partial charge < -0.3 is 9.73 Å². The quantitative estimate of drug-likeness (QED) is 0.871. The second kappa shape index (κ2) is 5.89. The summed E-state index contributed by atoms with van der Waals surface area (Å²) in [6.07, 6.45) is 1.33. The van der Waals surface area contributed by atoms with Crippen LogP contribution in [0.15, 0.2) is 10.5 Å². The van der Waals surface area contributed by atoms with E-state index in [0.717, 1.165) is 36.4 Å². The van der Waals surface area contributed by atoms with Crippen LogP contribution >= 0.6 is 0 Å². The fourth-order valence-corrected chi connectivity index (χ4v) is 2.80. The van der Waals surface area contributed by atoms with Crippen molar-refractivity contribution < 1.29 is 4.42 Å². The van der Waals surface area contributed by atoms with E-state index in [1.807, 2.05) is 7.05 Å². The maximum absolute atomic E-state index is 5.84. The number of nitrogens with one attached hydrogen (secondary N) is 1.